The van der Waals surface area contributed by atoms with Crippen LogP contribution in [-0.2, 0) is 9.63 Å². The van der Waals surface area contributed by atoms with Crippen LogP contribution in [0.4, 0.5) is 0 Å². The zero-order valence-corrected chi connectivity index (χ0v) is 17.8. The molecule has 0 amide bonds. The van der Waals surface area contributed by atoms with Crippen LogP contribution in [0, 0.1) is 34.5 Å². The van der Waals surface area contributed by atoms with Crippen molar-refractivity contribution in [3.63, 3.8) is 0 Å². The van der Waals surface area contributed by atoms with Crippen LogP contribution in [0.3, 0.4) is 0 Å². The van der Waals surface area contributed by atoms with Crippen molar-refractivity contribution in [2.45, 2.75) is 77.7 Å². The highest BCUT2D eigenvalue weighted by Crippen LogP contribution is 2.64. The molecule has 4 saturated carbocycles. The molecule has 1 aliphatic heterocycles. The molecule has 1 unspecified atom stereocenters. The number of carbonyl (C=O) groups excluding carboxylic acids is 1. The Morgan fingerprint density at radius 1 is 1.10 bits per heavy atom. The summed E-state index contributed by atoms with van der Waals surface area (Å²) in [7, 11) is 0. The topological polar surface area (TPSA) is 83.3 Å². The molecular weight excluding hydrogens is 366 g/mol. The monoisotopic (exact) mass is 401 g/mol. The fraction of sp³-hybridized carbons (Fsp3) is 0.870. The van der Waals surface area contributed by atoms with E-state index in [9.17, 15) is 10.0 Å². The minimum absolute atomic E-state index is 0.204. The van der Waals surface area contributed by atoms with E-state index in [2.05, 4.69) is 29.5 Å². The smallest absolute Gasteiger partial charge is 0.141 e. The summed E-state index contributed by atoms with van der Waals surface area (Å²) < 4.78 is 0. The Morgan fingerprint density at radius 2 is 1.97 bits per heavy atom. The van der Waals surface area contributed by atoms with Crippen molar-refractivity contribution in [3.8, 4) is 0 Å². The maximum Gasteiger partial charge on any atom is 0.141 e. The maximum absolute atomic E-state index is 12.6. The predicted octanol–water partition coefficient (Wildman–Crippen LogP) is 3.77. The summed E-state index contributed by atoms with van der Waals surface area (Å²) in [6, 6.07) is 0. The van der Waals surface area contributed by atoms with Gasteiger partial charge in [0.05, 0.1) is 11.4 Å². The lowest BCUT2D eigenvalue weighted by molar-refractivity contribution is -0.131. The van der Waals surface area contributed by atoms with Crippen molar-refractivity contribution in [2.24, 2.45) is 44.8 Å². The van der Waals surface area contributed by atoms with E-state index in [0.717, 1.165) is 70.2 Å². The first kappa shape index (κ1) is 19.5. The van der Waals surface area contributed by atoms with Crippen LogP contribution in [-0.4, -0.2) is 41.6 Å². The molecule has 0 aromatic rings. The molecule has 0 bridgehead atoms. The summed E-state index contributed by atoms with van der Waals surface area (Å²) in [5, 5.41) is 21.6. The zero-order valence-electron chi connectivity index (χ0n) is 17.8. The summed E-state index contributed by atoms with van der Waals surface area (Å²) in [5.74, 6) is 2.02. The van der Waals surface area contributed by atoms with Crippen molar-refractivity contribution in [1.29, 1.82) is 0 Å². The van der Waals surface area contributed by atoms with Gasteiger partial charge in [-0.1, -0.05) is 24.2 Å². The van der Waals surface area contributed by atoms with Crippen LogP contribution in [0.2, 0.25) is 0 Å². The standard InChI is InChI=1S/C23H35N3O3/c1-22-8-5-15(26-29-16-7-10-24-13-16)11-14(22)12-19(25-28)21-17-3-4-20(27)23(17,2)9-6-18(21)22/h14,16-18,21,24,28H,3-13H2,1-2H3/t14?,16-,17+,18+,21+,22+,23+/m1/s1. The second-order valence-electron chi connectivity index (χ2n) is 10.7. The number of nitrogens with one attached hydrogen (secondary N) is 1. The fourth-order valence-electron chi connectivity index (χ4n) is 7.59. The summed E-state index contributed by atoms with van der Waals surface area (Å²) in [6.07, 6.45) is 8.88. The van der Waals surface area contributed by atoms with Gasteiger partial charge in [0, 0.05) is 30.7 Å². The number of hydrogen-bond acceptors (Lipinski definition) is 6. The van der Waals surface area contributed by atoms with Gasteiger partial charge in [0.2, 0.25) is 0 Å². The van der Waals surface area contributed by atoms with Gasteiger partial charge >= 0.3 is 0 Å². The van der Waals surface area contributed by atoms with E-state index in [1.54, 1.807) is 0 Å². The molecule has 29 heavy (non-hydrogen) atoms. The molecule has 5 aliphatic rings. The molecule has 2 N–H and O–H groups in total. The number of rotatable bonds is 2. The van der Waals surface area contributed by atoms with Crippen molar-refractivity contribution in [1.82, 2.24) is 5.32 Å². The first-order valence-corrected chi connectivity index (χ1v) is 11.6. The van der Waals surface area contributed by atoms with Crippen molar-refractivity contribution in [2.75, 3.05) is 13.1 Å². The summed E-state index contributed by atoms with van der Waals surface area (Å²) >= 11 is 0. The van der Waals surface area contributed by atoms with Gasteiger partial charge in [-0.3, -0.25) is 4.79 Å². The second-order valence-corrected chi connectivity index (χ2v) is 10.7. The lowest BCUT2D eigenvalue weighted by Gasteiger charge is -2.59. The van der Waals surface area contributed by atoms with Crippen LogP contribution in [0.15, 0.2) is 10.3 Å². The molecule has 0 spiro atoms. The third-order valence-electron chi connectivity index (χ3n) is 9.51. The normalized spacial score (nSPS) is 49.7. The Balaban J connectivity index is 1.38. The van der Waals surface area contributed by atoms with Crippen LogP contribution < -0.4 is 5.32 Å². The molecule has 6 nitrogen and oxygen atoms in total. The van der Waals surface area contributed by atoms with Gasteiger partial charge in [-0.25, -0.2) is 0 Å². The van der Waals surface area contributed by atoms with E-state index in [1.807, 2.05) is 0 Å². The summed E-state index contributed by atoms with van der Waals surface area (Å²) in [6.45, 7) is 6.54. The SMILES string of the molecule is C[C@]12CCC(=NO[C@@H]3CCNC3)CC1CC(=NO)[C@@H]1[C@@H]2CC[C@]2(C)C(=O)CC[C@@H]12. The van der Waals surface area contributed by atoms with E-state index in [0.29, 0.717) is 30.0 Å². The van der Waals surface area contributed by atoms with Gasteiger partial charge in [0.15, 0.2) is 0 Å². The number of Topliss-reactive ketones (excluding diaryl/α,β-unsaturated/α-hetero) is 1. The van der Waals surface area contributed by atoms with Gasteiger partial charge in [0.1, 0.15) is 11.9 Å². The van der Waals surface area contributed by atoms with Gasteiger partial charge in [-0.2, -0.15) is 0 Å². The van der Waals surface area contributed by atoms with Crippen molar-refractivity contribution < 1.29 is 14.8 Å². The van der Waals surface area contributed by atoms with Gasteiger partial charge in [-0.05, 0) is 74.7 Å². The lowest BCUT2D eigenvalue weighted by Crippen LogP contribution is -2.57. The van der Waals surface area contributed by atoms with Gasteiger partial charge in [0.25, 0.3) is 0 Å². The summed E-state index contributed by atoms with van der Waals surface area (Å²) in [5.41, 5.74) is 2.15. The van der Waals surface area contributed by atoms with Crippen LogP contribution >= 0.6 is 0 Å². The van der Waals surface area contributed by atoms with Crippen molar-refractivity contribution in [3.05, 3.63) is 0 Å². The molecule has 6 heteroatoms. The van der Waals surface area contributed by atoms with E-state index in [1.165, 1.54) is 5.71 Å². The number of oxime groups is 2. The Bertz CT molecular complexity index is 744. The number of nitrogens with zero attached hydrogens (tertiary/aromatic N) is 2. The highest BCUT2D eigenvalue weighted by molar-refractivity contribution is 5.94. The number of carbonyl (C=O) groups is 1. The number of hydrogen-bond donors (Lipinski definition) is 2. The molecule has 1 saturated heterocycles. The Hall–Kier alpha value is -1.43. The minimum atomic E-state index is -0.204. The second kappa shape index (κ2) is 7.07. The molecule has 5 fully saturated rings. The molecule has 5 rings (SSSR count). The van der Waals surface area contributed by atoms with Crippen molar-refractivity contribution >= 4 is 17.2 Å². The molecule has 0 aromatic carbocycles. The molecular formula is C23H35N3O3. The number of ketones is 1. The fourth-order valence-corrected chi connectivity index (χ4v) is 7.59. The third-order valence-corrected chi connectivity index (χ3v) is 9.51. The average molecular weight is 402 g/mol. The Morgan fingerprint density at radius 3 is 2.72 bits per heavy atom. The lowest BCUT2D eigenvalue weighted by atomic mass is 9.45. The molecule has 7 atom stereocenters. The number of fused-ring (bicyclic) bond motifs is 5. The van der Waals surface area contributed by atoms with E-state index < -0.39 is 0 Å². The van der Waals surface area contributed by atoms with E-state index in [-0.39, 0.29) is 22.9 Å². The van der Waals surface area contributed by atoms with E-state index >= 15 is 0 Å². The highest BCUT2D eigenvalue weighted by atomic mass is 16.6. The van der Waals surface area contributed by atoms with Crippen LogP contribution in [0.1, 0.15) is 71.6 Å². The molecule has 4 aliphatic carbocycles. The quantitative estimate of drug-likeness (QED) is 0.545. The Labute approximate surface area is 173 Å². The molecule has 160 valence electrons. The maximum atomic E-state index is 12.6. The predicted molar refractivity (Wildman–Crippen MR) is 111 cm³/mol. The first-order chi connectivity index (χ1) is 14.0. The van der Waals surface area contributed by atoms with Crippen LogP contribution in [0.5, 0.6) is 0 Å². The molecule has 1 heterocycles. The van der Waals surface area contributed by atoms with Gasteiger partial charge < -0.3 is 15.4 Å². The molecule has 0 radical (unpaired) electrons. The van der Waals surface area contributed by atoms with E-state index in [4.69, 9.17) is 4.84 Å². The van der Waals surface area contributed by atoms with Gasteiger partial charge in [-0.15, -0.1) is 0 Å². The highest BCUT2D eigenvalue weighted by Gasteiger charge is 2.62. The largest absolute Gasteiger partial charge is 0.411 e. The first-order valence-electron chi connectivity index (χ1n) is 11.6. The Kier molecular flexibility index (Phi) is 4.76. The third kappa shape index (κ3) is 2.96. The zero-order chi connectivity index (χ0) is 20.2. The average Bonchev–Trinajstić information content (AvgIpc) is 3.34. The minimum Gasteiger partial charge on any atom is -0.411 e. The van der Waals surface area contributed by atoms with Crippen LogP contribution in [0.25, 0.3) is 0 Å². The molecule has 0 aromatic heterocycles. The summed E-state index contributed by atoms with van der Waals surface area (Å²) in [4.78, 5) is 18.5.